The van der Waals surface area contributed by atoms with E-state index in [9.17, 15) is 17.6 Å². The number of carbonyl (C=O) groups is 1. The van der Waals surface area contributed by atoms with Crippen LogP contribution in [0.4, 0.5) is 4.39 Å². The Hall–Kier alpha value is -1.67. The molecule has 0 aliphatic rings. The average molecular weight is 376 g/mol. The lowest BCUT2D eigenvalue weighted by Gasteiger charge is -2.07. The van der Waals surface area contributed by atoms with Crippen LogP contribution in [0.3, 0.4) is 0 Å². The van der Waals surface area contributed by atoms with E-state index in [4.69, 9.17) is 0 Å². The van der Waals surface area contributed by atoms with Crippen molar-refractivity contribution in [3.8, 4) is 0 Å². The summed E-state index contributed by atoms with van der Waals surface area (Å²) in [6.07, 6.45) is 1.17. The number of hydrogen-bond donors (Lipinski definition) is 0. The third-order valence-electron chi connectivity index (χ3n) is 2.93. The fourth-order valence-corrected chi connectivity index (χ4v) is 3.95. The van der Waals surface area contributed by atoms with E-state index in [2.05, 4.69) is 20.7 Å². The zero-order valence-corrected chi connectivity index (χ0v) is 13.5. The molecular weight excluding hydrogens is 365 g/mol. The molecule has 1 aromatic carbocycles. The fourth-order valence-electron chi connectivity index (χ4n) is 1.76. The molecule has 0 saturated heterocycles. The minimum Gasteiger partial charge on any atom is -0.465 e. The van der Waals surface area contributed by atoms with Crippen molar-refractivity contribution in [1.29, 1.82) is 0 Å². The van der Waals surface area contributed by atoms with E-state index in [1.165, 1.54) is 13.3 Å². The van der Waals surface area contributed by atoms with Crippen LogP contribution in [0.1, 0.15) is 15.9 Å². The molecule has 0 amide bonds. The van der Waals surface area contributed by atoms with Gasteiger partial charge in [-0.25, -0.2) is 21.6 Å². The number of aromatic nitrogens is 1. The second-order valence-corrected chi connectivity index (χ2v) is 6.77. The topological polar surface area (TPSA) is 65.4 Å². The molecule has 112 valence electrons. The van der Waals surface area contributed by atoms with Gasteiger partial charge in [0.15, 0.2) is 0 Å². The van der Waals surface area contributed by atoms with Crippen LogP contribution in [0, 0.1) is 12.7 Å². The Labute approximate surface area is 129 Å². The Morgan fingerprint density at radius 3 is 2.38 bits per heavy atom. The predicted molar refractivity (Wildman–Crippen MR) is 77.2 cm³/mol. The molecule has 0 aliphatic heterocycles. The van der Waals surface area contributed by atoms with Crippen molar-refractivity contribution in [2.75, 3.05) is 7.11 Å². The largest absolute Gasteiger partial charge is 0.465 e. The highest BCUT2D eigenvalue weighted by Gasteiger charge is 2.25. The molecule has 0 N–H and O–H groups in total. The van der Waals surface area contributed by atoms with Crippen molar-refractivity contribution < 1.29 is 22.3 Å². The zero-order valence-electron chi connectivity index (χ0n) is 11.1. The Balaban J connectivity index is 2.61. The molecule has 0 fully saturated rings. The maximum Gasteiger partial charge on any atom is 0.339 e. The maximum absolute atomic E-state index is 12.9. The van der Waals surface area contributed by atoms with Gasteiger partial charge in [0.05, 0.1) is 17.6 Å². The van der Waals surface area contributed by atoms with E-state index < -0.39 is 21.8 Å². The lowest BCUT2D eigenvalue weighted by molar-refractivity contribution is 0.0600. The van der Waals surface area contributed by atoms with Gasteiger partial charge in [0, 0.05) is 6.20 Å². The summed E-state index contributed by atoms with van der Waals surface area (Å²) in [6.45, 7) is 1.59. The van der Waals surface area contributed by atoms with Crippen LogP contribution in [0.15, 0.2) is 40.0 Å². The standard InChI is InChI=1S/C13H11BrFNO4S/c1-8-11(13(17)20-2)7-16(12(8)14)21(18,19)10-5-3-9(15)4-6-10/h3-7H,1-2H3. The van der Waals surface area contributed by atoms with Gasteiger partial charge in [-0.15, -0.1) is 0 Å². The van der Waals surface area contributed by atoms with E-state index in [0.29, 0.717) is 5.56 Å². The first-order chi connectivity index (χ1) is 9.78. The molecule has 5 nitrogen and oxygen atoms in total. The molecule has 21 heavy (non-hydrogen) atoms. The van der Waals surface area contributed by atoms with Gasteiger partial charge < -0.3 is 4.74 Å². The molecule has 1 aromatic heterocycles. The molecule has 2 aromatic rings. The van der Waals surface area contributed by atoms with Crippen LogP contribution >= 0.6 is 15.9 Å². The summed E-state index contributed by atoms with van der Waals surface area (Å²) in [5.74, 6) is -1.17. The third-order valence-corrected chi connectivity index (χ3v) is 5.81. The summed E-state index contributed by atoms with van der Waals surface area (Å²) in [5.41, 5.74) is 0.572. The van der Waals surface area contributed by atoms with Crippen molar-refractivity contribution in [3.05, 3.63) is 52.0 Å². The number of esters is 1. The van der Waals surface area contributed by atoms with Gasteiger partial charge >= 0.3 is 5.97 Å². The van der Waals surface area contributed by atoms with E-state index in [1.807, 2.05) is 0 Å². The number of methoxy groups -OCH3 is 1. The first kappa shape index (κ1) is 15.7. The molecule has 0 radical (unpaired) electrons. The number of halogens is 2. The maximum atomic E-state index is 12.9. The number of ether oxygens (including phenoxy) is 1. The smallest absolute Gasteiger partial charge is 0.339 e. The Morgan fingerprint density at radius 2 is 1.86 bits per heavy atom. The fraction of sp³-hybridized carbons (Fsp3) is 0.154. The number of hydrogen-bond acceptors (Lipinski definition) is 4. The quantitative estimate of drug-likeness (QED) is 0.773. The second-order valence-electron chi connectivity index (χ2n) is 4.20. The highest BCUT2D eigenvalue weighted by Crippen LogP contribution is 2.27. The summed E-state index contributed by atoms with van der Waals surface area (Å²) < 4.78 is 43.6. The molecule has 0 unspecified atom stereocenters. The van der Waals surface area contributed by atoms with E-state index in [-0.39, 0.29) is 15.1 Å². The average Bonchev–Trinajstić information content (AvgIpc) is 2.75. The number of carbonyl (C=O) groups excluding carboxylic acids is 1. The normalized spacial score (nSPS) is 11.4. The summed E-state index contributed by atoms with van der Waals surface area (Å²) in [5, 5.41) is 0. The molecule has 2 rings (SSSR count). The molecule has 0 atom stereocenters. The molecule has 0 aliphatic carbocycles. The van der Waals surface area contributed by atoms with E-state index in [1.54, 1.807) is 6.92 Å². The Bertz CT molecular complexity index is 796. The van der Waals surface area contributed by atoms with Crippen molar-refractivity contribution in [2.45, 2.75) is 11.8 Å². The highest BCUT2D eigenvalue weighted by atomic mass is 79.9. The monoisotopic (exact) mass is 375 g/mol. The van der Waals surface area contributed by atoms with Gasteiger partial charge in [0.25, 0.3) is 10.0 Å². The summed E-state index contributed by atoms with van der Waals surface area (Å²) in [7, 11) is -2.72. The number of rotatable bonds is 3. The van der Waals surface area contributed by atoms with Crippen molar-refractivity contribution in [2.24, 2.45) is 0 Å². The van der Waals surface area contributed by atoms with Crippen molar-refractivity contribution in [3.63, 3.8) is 0 Å². The summed E-state index contributed by atoms with van der Waals surface area (Å²) >= 11 is 3.15. The van der Waals surface area contributed by atoms with Crippen LogP contribution in [0.5, 0.6) is 0 Å². The van der Waals surface area contributed by atoms with E-state index >= 15 is 0 Å². The molecule has 8 heteroatoms. The molecule has 1 heterocycles. The first-order valence-electron chi connectivity index (χ1n) is 5.76. The Morgan fingerprint density at radius 1 is 1.29 bits per heavy atom. The zero-order chi connectivity index (χ0) is 15.8. The second kappa shape index (κ2) is 5.61. The van der Waals surface area contributed by atoms with Gasteiger partial charge in [-0.3, -0.25) is 0 Å². The van der Waals surface area contributed by atoms with Gasteiger partial charge in [-0.05, 0) is 52.7 Å². The molecule has 0 saturated carbocycles. The summed E-state index contributed by atoms with van der Waals surface area (Å²) in [6, 6.07) is 4.42. The van der Waals surface area contributed by atoms with Crippen molar-refractivity contribution in [1.82, 2.24) is 3.97 Å². The van der Waals surface area contributed by atoms with Crippen LogP contribution in [-0.2, 0) is 14.8 Å². The number of nitrogens with zero attached hydrogens (tertiary/aromatic N) is 1. The molecular formula is C13H11BrFNO4S. The Kier molecular flexibility index (Phi) is 4.20. The van der Waals surface area contributed by atoms with Gasteiger partial charge in [0.1, 0.15) is 10.4 Å². The van der Waals surface area contributed by atoms with Crippen LogP contribution < -0.4 is 0 Å². The van der Waals surface area contributed by atoms with Crippen LogP contribution in [0.25, 0.3) is 0 Å². The number of benzene rings is 1. The lowest BCUT2D eigenvalue weighted by Crippen LogP contribution is -2.12. The predicted octanol–water partition coefficient (Wildman–Crippen LogP) is 2.72. The van der Waals surface area contributed by atoms with Crippen molar-refractivity contribution >= 4 is 31.9 Å². The minimum absolute atomic E-state index is 0.0870. The van der Waals surface area contributed by atoms with Gasteiger partial charge in [0.2, 0.25) is 0 Å². The van der Waals surface area contributed by atoms with Crippen LogP contribution in [0.2, 0.25) is 0 Å². The summed E-state index contributed by atoms with van der Waals surface area (Å²) in [4.78, 5) is 11.5. The minimum atomic E-state index is -3.93. The SMILES string of the molecule is COC(=O)c1cn(S(=O)(=O)c2ccc(F)cc2)c(Br)c1C. The van der Waals surface area contributed by atoms with Gasteiger partial charge in [-0.1, -0.05) is 0 Å². The first-order valence-corrected chi connectivity index (χ1v) is 7.99. The van der Waals surface area contributed by atoms with Crippen LogP contribution in [-0.4, -0.2) is 25.5 Å². The third kappa shape index (κ3) is 2.73. The van der Waals surface area contributed by atoms with E-state index in [0.717, 1.165) is 28.2 Å². The molecule has 0 bridgehead atoms. The highest BCUT2D eigenvalue weighted by molar-refractivity contribution is 9.10. The molecule has 0 spiro atoms. The lowest BCUT2D eigenvalue weighted by atomic mass is 10.2. The van der Waals surface area contributed by atoms with Gasteiger partial charge in [-0.2, -0.15) is 0 Å².